The second kappa shape index (κ2) is 9.35. The number of aliphatic hydroxyl groups is 1. The predicted molar refractivity (Wildman–Crippen MR) is 103 cm³/mol. The third kappa shape index (κ3) is 5.63. The Bertz CT molecular complexity index is 976. The van der Waals surface area contributed by atoms with E-state index in [0.717, 1.165) is 6.26 Å². The molecule has 1 heterocycles. The zero-order valence-corrected chi connectivity index (χ0v) is 16.7. The Balaban J connectivity index is 1.75. The summed E-state index contributed by atoms with van der Waals surface area (Å²) in [6, 6.07) is 16.1. The number of esters is 2. The summed E-state index contributed by atoms with van der Waals surface area (Å²) in [5.41, 5.74) is 0.495. The van der Waals surface area contributed by atoms with Crippen LogP contribution in [0.25, 0.3) is 0 Å². The van der Waals surface area contributed by atoms with E-state index in [2.05, 4.69) is 0 Å². The minimum Gasteiger partial charge on any atom is -0.459 e. The maximum atomic E-state index is 12.5. The van der Waals surface area contributed by atoms with Crippen molar-refractivity contribution in [1.29, 1.82) is 0 Å². The first-order valence-electron chi connectivity index (χ1n) is 8.94. The summed E-state index contributed by atoms with van der Waals surface area (Å²) in [6.45, 7) is -0.402. The fraction of sp³-hybridized carbons (Fsp3) is 0.300. The average molecular weight is 436 g/mol. The van der Waals surface area contributed by atoms with Gasteiger partial charge in [-0.25, -0.2) is 9.59 Å². The minimum absolute atomic E-state index is 0.206. The summed E-state index contributed by atoms with van der Waals surface area (Å²) in [7, 11) is -4.01. The van der Waals surface area contributed by atoms with Gasteiger partial charge in [0.25, 0.3) is 10.1 Å². The lowest BCUT2D eigenvalue weighted by Gasteiger charge is -2.22. The normalized spacial score (nSPS) is 23.7. The smallest absolute Gasteiger partial charge is 0.338 e. The van der Waals surface area contributed by atoms with E-state index in [-0.39, 0.29) is 11.1 Å². The molecule has 10 heteroatoms. The second-order valence-corrected chi connectivity index (χ2v) is 8.13. The molecule has 0 aromatic heterocycles. The van der Waals surface area contributed by atoms with Crippen molar-refractivity contribution in [2.24, 2.45) is 0 Å². The molecular formula is C20H20O9S. The zero-order chi connectivity index (χ0) is 21.7. The molecular weight excluding hydrogens is 416 g/mol. The standard InChI is InChI=1S/C20H20O9S/c1-30(24,25)29-17-16(28-19(22)14-10-6-3-7-11-14)15(27-20(17)23)12-26-18(21)13-8-4-2-5-9-13/h2-11,15-17,20,23H,12H2,1H3/t15-,16+,17-,20+/m1/s1. The molecule has 2 aromatic rings. The highest BCUT2D eigenvalue weighted by atomic mass is 32.2. The van der Waals surface area contributed by atoms with E-state index in [0.29, 0.717) is 0 Å². The van der Waals surface area contributed by atoms with Crippen LogP contribution < -0.4 is 0 Å². The maximum absolute atomic E-state index is 12.5. The van der Waals surface area contributed by atoms with Gasteiger partial charge in [-0.15, -0.1) is 0 Å². The molecule has 3 rings (SSSR count). The van der Waals surface area contributed by atoms with E-state index in [9.17, 15) is 23.1 Å². The zero-order valence-electron chi connectivity index (χ0n) is 15.9. The van der Waals surface area contributed by atoms with Crippen molar-refractivity contribution in [3.8, 4) is 0 Å². The Hall–Kier alpha value is -2.79. The Morgan fingerprint density at radius 1 is 0.933 bits per heavy atom. The number of carbonyl (C=O) groups excluding carboxylic acids is 2. The highest BCUT2D eigenvalue weighted by Crippen LogP contribution is 2.28. The van der Waals surface area contributed by atoms with Crippen LogP contribution in [0.3, 0.4) is 0 Å². The quantitative estimate of drug-likeness (QED) is 0.502. The number of ether oxygens (including phenoxy) is 3. The number of aliphatic hydroxyl groups excluding tert-OH is 1. The molecule has 0 unspecified atom stereocenters. The molecule has 1 saturated heterocycles. The molecule has 1 fully saturated rings. The van der Waals surface area contributed by atoms with Gasteiger partial charge < -0.3 is 19.3 Å². The molecule has 1 N–H and O–H groups in total. The number of rotatable bonds is 7. The molecule has 2 aromatic carbocycles. The maximum Gasteiger partial charge on any atom is 0.338 e. The Morgan fingerprint density at radius 3 is 2.00 bits per heavy atom. The number of benzene rings is 2. The first-order valence-corrected chi connectivity index (χ1v) is 10.8. The Morgan fingerprint density at radius 2 is 1.47 bits per heavy atom. The lowest BCUT2D eigenvalue weighted by molar-refractivity contribution is -0.128. The van der Waals surface area contributed by atoms with Crippen LogP contribution in [0.15, 0.2) is 60.7 Å². The van der Waals surface area contributed by atoms with Crippen molar-refractivity contribution in [3.63, 3.8) is 0 Å². The van der Waals surface area contributed by atoms with Crippen LogP contribution in [0.4, 0.5) is 0 Å². The summed E-state index contributed by atoms with van der Waals surface area (Å²) >= 11 is 0. The summed E-state index contributed by atoms with van der Waals surface area (Å²) < 4.78 is 43.8. The van der Waals surface area contributed by atoms with Crippen LogP contribution in [0, 0.1) is 0 Å². The number of hydrogen-bond donors (Lipinski definition) is 1. The van der Waals surface area contributed by atoms with Crippen molar-refractivity contribution in [3.05, 3.63) is 71.8 Å². The molecule has 1 aliphatic heterocycles. The molecule has 0 aliphatic carbocycles. The molecule has 30 heavy (non-hydrogen) atoms. The van der Waals surface area contributed by atoms with Crippen LogP contribution in [0.5, 0.6) is 0 Å². The second-order valence-electron chi connectivity index (χ2n) is 6.53. The third-order valence-electron chi connectivity index (χ3n) is 4.21. The Kier molecular flexibility index (Phi) is 6.83. The van der Waals surface area contributed by atoms with Crippen LogP contribution >= 0.6 is 0 Å². The highest BCUT2D eigenvalue weighted by Gasteiger charge is 2.49. The molecule has 0 spiro atoms. The van der Waals surface area contributed by atoms with Gasteiger partial charge in [-0.2, -0.15) is 8.42 Å². The van der Waals surface area contributed by atoms with E-state index in [1.807, 2.05) is 0 Å². The molecule has 0 bridgehead atoms. The molecule has 9 nitrogen and oxygen atoms in total. The van der Waals surface area contributed by atoms with Crippen molar-refractivity contribution < 1.29 is 41.5 Å². The van der Waals surface area contributed by atoms with Gasteiger partial charge in [0, 0.05) is 0 Å². The predicted octanol–water partition coefficient (Wildman–Crippen LogP) is 1.13. The molecule has 160 valence electrons. The largest absolute Gasteiger partial charge is 0.459 e. The number of hydrogen-bond acceptors (Lipinski definition) is 9. The van der Waals surface area contributed by atoms with Crippen LogP contribution in [-0.4, -0.2) is 62.9 Å². The lowest BCUT2D eigenvalue weighted by atomic mass is 10.1. The summed E-state index contributed by atoms with van der Waals surface area (Å²) in [5.74, 6) is -1.44. The van der Waals surface area contributed by atoms with Crippen LogP contribution in [-0.2, 0) is 28.5 Å². The van der Waals surface area contributed by atoms with E-state index >= 15 is 0 Å². The van der Waals surface area contributed by atoms with Crippen molar-refractivity contribution in [1.82, 2.24) is 0 Å². The summed E-state index contributed by atoms with van der Waals surface area (Å²) in [4.78, 5) is 24.6. The van der Waals surface area contributed by atoms with E-state index in [1.54, 1.807) is 48.5 Å². The van der Waals surface area contributed by atoms with Gasteiger partial charge in [0.1, 0.15) is 12.7 Å². The van der Waals surface area contributed by atoms with Crippen LogP contribution in [0.2, 0.25) is 0 Å². The topological polar surface area (TPSA) is 125 Å². The van der Waals surface area contributed by atoms with Crippen molar-refractivity contribution in [2.45, 2.75) is 24.6 Å². The van der Waals surface area contributed by atoms with Gasteiger partial charge in [-0.05, 0) is 24.3 Å². The lowest BCUT2D eigenvalue weighted by Crippen LogP contribution is -2.41. The van der Waals surface area contributed by atoms with Gasteiger partial charge in [0.2, 0.25) is 0 Å². The molecule has 0 radical (unpaired) electrons. The number of carbonyl (C=O) groups is 2. The molecule has 4 atom stereocenters. The fourth-order valence-corrected chi connectivity index (χ4v) is 3.48. The minimum atomic E-state index is -4.01. The van der Waals surface area contributed by atoms with Crippen LogP contribution in [0.1, 0.15) is 20.7 Å². The SMILES string of the molecule is CS(=O)(=O)O[C@@H]1[C@@H](OC(=O)c2ccccc2)[C@@H](COC(=O)c2ccccc2)O[C@@H]1O. The summed E-state index contributed by atoms with van der Waals surface area (Å²) in [6.07, 6.45) is -4.93. The van der Waals surface area contributed by atoms with E-state index in [4.69, 9.17) is 18.4 Å². The van der Waals surface area contributed by atoms with E-state index in [1.165, 1.54) is 12.1 Å². The van der Waals surface area contributed by atoms with Gasteiger partial charge in [0.05, 0.1) is 17.4 Å². The molecule has 0 saturated carbocycles. The molecule has 1 aliphatic rings. The van der Waals surface area contributed by atoms with Gasteiger partial charge in [0.15, 0.2) is 18.5 Å². The van der Waals surface area contributed by atoms with Gasteiger partial charge in [-0.3, -0.25) is 4.18 Å². The highest BCUT2D eigenvalue weighted by molar-refractivity contribution is 7.86. The third-order valence-corrected chi connectivity index (χ3v) is 4.78. The first kappa shape index (κ1) is 21.9. The van der Waals surface area contributed by atoms with Gasteiger partial charge >= 0.3 is 11.9 Å². The van der Waals surface area contributed by atoms with E-state index < -0.39 is 53.3 Å². The Labute approximate surface area is 173 Å². The fourth-order valence-electron chi connectivity index (χ4n) is 2.87. The van der Waals surface area contributed by atoms with Crippen molar-refractivity contribution >= 4 is 22.1 Å². The van der Waals surface area contributed by atoms with Crippen molar-refractivity contribution in [2.75, 3.05) is 12.9 Å². The monoisotopic (exact) mass is 436 g/mol. The average Bonchev–Trinajstić information content (AvgIpc) is 3.00. The first-order chi connectivity index (χ1) is 14.2. The summed E-state index contributed by atoms with van der Waals surface area (Å²) in [5, 5.41) is 10.1. The molecule has 0 amide bonds. The van der Waals surface area contributed by atoms with Gasteiger partial charge in [-0.1, -0.05) is 36.4 Å².